The lowest BCUT2D eigenvalue weighted by Crippen LogP contribution is -2.39. The van der Waals surface area contributed by atoms with Gasteiger partial charge in [-0.15, -0.1) is 0 Å². The van der Waals surface area contributed by atoms with Crippen molar-refractivity contribution in [3.05, 3.63) is 48.4 Å². The molecule has 1 aliphatic rings. The Bertz CT molecular complexity index is 884. The molecule has 9 heteroatoms. The Hall–Kier alpha value is -2.87. The van der Waals surface area contributed by atoms with Gasteiger partial charge in [0.1, 0.15) is 17.1 Å². The van der Waals surface area contributed by atoms with Gasteiger partial charge < -0.3 is 9.64 Å². The first-order valence-electron chi connectivity index (χ1n) is 9.17. The molecule has 0 amide bonds. The first-order chi connectivity index (χ1) is 13.7. The lowest BCUT2D eigenvalue weighted by atomic mass is 9.92. The summed E-state index contributed by atoms with van der Waals surface area (Å²) in [7, 11) is 0. The molecule has 0 aliphatic carbocycles. The molecule has 1 saturated heterocycles. The van der Waals surface area contributed by atoms with Crippen molar-refractivity contribution in [1.82, 2.24) is 30.1 Å². The van der Waals surface area contributed by atoms with Crippen LogP contribution in [-0.4, -0.2) is 49.3 Å². The smallest absolute Gasteiger partial charge is 0.232 e. The van der Waals surface area contributed by atoms with E-state index in [4.69, 9.17) is 16.3 Å². The van der Waals surface area contributed by atoms with E-state index in [9.17, 15) is 0 Å². The number of anilines is 1. The van der Waals surface area contributed by atoms with Crippen LogP contribution in [0.15, 0.2) is 43.2 Å². The molecule has 4 heterocycles. The van der Waals surface area contributed by atoms with Gasteiger partial charge in [-0.2, -0.15) is 10.2 Å². The largest absolute Gasteiger partial charge is 0.473 e. The molecule has 8 nitrogen and oxygen atoms in total. The maximum absolute atomic E-state index is 6.04. The maximum atomic E-state index is 6.04. The summed E-state index contributed by atoms with van der Waals surface area (Å²) >= 11 is 5.81. The van der Waals surface area contributed by atoms with Crippen LogP contribution in [-0.2, 0) is 0 Å². The minimum absolute atomic E-state index is 0.0567. The van der Waals surface area contributed by atoms with E-state index >= 15 is 0 Å². The summed E-state index contributed by atoms with van der Waals surface area (Å²) in [4.78, 5) is 19.5. The number of piperidine rings is 1. The number of rotatable bonds is 5. The molecular formula is C19H20ClN7O. The van der Waals surface area contributed by atoms with Crippen molar-refractivity contribution in [2.75, 3.05) is 18.0 Å². The molecule has 0 unspecified atom stereocenters. The number of aromatic nitrogens is 6. The Labute approximate surface area is 168 Å². The van der Waals surface area contributed by atoms with Gasteiger partial charge in [-0.05, 0) is 31.7 Å². The molecular weight excluding hydrogens is 378 g/mol. The van der Waals surface area contributed by atoms with Gasteiger partial charge in [-0.3, -0.25) is 0 Å². The number of nitrogens with zero attached hydrogens (tertiary/aromatic N) is 7. The topological polar surface area (TPSA) is 89.8 Å². The summed E-state index contributed by atoms with van der Waals surface area (Å²) in [5.74, 6) is 1.84. The van der Waals surface area contributed by atoms with Gasteiger partial charge in [0.25, 0.3) is 0 Å². The molecule has 0 radical (unpaired) electrons. The highest BCUT2D eigenvalue weighted by atomic mass is 35.5. The molecule has 1 aliphatic heterocycles. The molecule has 4 rings (SSSR count). The summed E-state index contributed by atoms with van der Waals surface area (Å²) in [5, 5.41) is 8.04. The maximum Gasteiger partial charge on any atom is 0.232 e. The van der Waals surface area contributed by atoms with Crippen LogP contribution < -0.4 is 9.64 Å². The lowest BCUT2D eigenvalue weighted by Gasteiger charge is -2.35. The van der Waals surface area contributed by atoms with E-state index in [1.807, 2.05) is 6.07 Å². The second-order valence-electron chi connectivity index (χ2n) is 6.72. The third-order valence-electron chi connectivity index (χ3n) is 4.95. The molecule has 1 fully saturated rings. The van der Waals surface area contributed by atoms with Gasteiger partial charge in [0.15, 0.2) is 0 Å². The van der Waals surface area contributed by atoms with Crippen LogP contribution >= 0.6 is 11.6 Å². The van der Waals surface area contributed by atoms with Crippen LogP contribution in [0, 0.1) is 5.92 Å². The van der Waals surface area contributed by atoms with E-state index in [1.54, 1.807) is 37.2 Å². The van der Waals surface area contributed by atoms with E-state index in [0.29, 0.717) is 17.0 Å². The molecule has 0 spiro atoms. The molecule has 0 N–H and O–H groups in total. The molecule has 3 aromatic rings. The van der Waals surface area contributed by atoms with Crippen LogP contribution in [0.1, 0.15) is 19.8 Å². The lowest BCUT2D eigenvalue weighted by molar-refractivity contribution is 0.127. The van der Waals surface area contributed by atoms with Gasteiger partial charge in [0.05, 0.1) is 42.9 Å². The van der Waals surface area contributed by atoms with Crippen molar-refractivity contribution in [2.45, 2.75) is 25.9 Å². The van der Waals surface area contributed by atoms with Crippen LogP contribution in [0.25, 0.3) is 11.3 Å². The van der Waals surface area contributed by atoms with Crippen LogP contribution in [0.5, 0.6) is 5.88 Å². The van der Waals surface area contributed by atoms with Crippen LogP contribution in [0.3, 0.4) is 0 Å². The van der Waals surface area contributed by atoms with Gasteiger partial charge >= 0.3 is 0 Å². The zero-order chi connectivity index (χ0) is 19.3. The third-order valence-corrected chi connectivity index (χ3v) is 5.14. The fourth-order valence-corrected chi connectivity index (χ4v) is 3.42. The van der Waals surface area contributed by atoms with E-state index in [-0.39, 0.29) is 6.10 Å². The van der Waals surface area contributed by atoms with Crippen molar-refractivity contribution in [3.63, 3.8) is 0 Å². The minimum Gasteiger partial charge on any atom is -0.473 e. The summed E-state index contributed by atoms with van der Waals surface area (Å²) in [5.41, 5.74) is 1.62. The molecule has 1 atom stereocenters. The zero-order valence-electron chi connectivity index (χ0n) is 15.4. The SMILES string of the molecule is C[C@H](Oc1cnc(-c2ccnnc2)cn1)C1CCN(c2cnc(Cl)cn2)CC1. The summed E-state index contributed by atoms with van der Waals surface area (Å²) in [6, 6.07) is 1.85. The highest BCUT2D eigenvalue weighted by molar-refractivity contribution is 6.29. The number of hydrogen-bond acceptors (Lipinski definition) is 8. The van der Waals surface area contributed by atoms with Gasteiger partial charge in [-0.1, -0.05) is 11.6 Å². The van der Waals surface area contributed by atoms with E-state index in [0.717, 1.165) is 43.0 Å². The van der Waals surface area contributed by atoms with Gasteiger partial charge in [0, 0.05) is 18.7 Å². The van der Waals surface area contributed by atoms with Gasteiger partial charge in [0.2, 0.25) is 5.88 Å². The molecule has 144 valence electrons. The van der Waals surface area contributed by atoms with Crippen molar-refractivity contribution >= 4 is 17.4 Å². The highest BCUT2D eigenvalue weighted by Crippen LogP contribution is 2.26. The first kappa shape index (κ1) is 18.5. The average Bonchev–Trinajstić information content (AvgIpc) is 2.75. The zero-order valence-corrected chi connectivity index (χ0v) is 16.2. The van der Waals surface area contributed by atoms with E-state index < -0.39 is 0 Å². The second kappa shape index (κ2) is 8.43. The third kappa shape index (κ3) is 4.33. The quantitative estimate of drug-likeness (QED) is 0.648. The predicted molar refractivity (Wildman–Crippen MR) is 105 cm³/mol. The Morgan fingerprint density at radius 1 is 1.00 bits per heavy atom. The fourth-order valence-electron chi connectivity index (χ4n) is 3.32. The van der Waals surface area contributed by atoms with Crippen molar-refractivity contribution in [1.29, 1.82) is 0 Å². The highest BCUT2D eigenvalue weighted by Gasteiger charge is 2.26. The molecule has 0 saturated carbocycles. The van der Waals surface area contributed by atoms with E-state index in [1.165, 1.54) is 0 Å². The normalized spacial score (nSPS) is 16.0. The minimum atomic E-state index is 0.0567. The van der Waals surface area contributed by atoms with Crippen molar-refractivity contribution < 1.29 is 4.74 Å². The Morgan fingerprint density at radius 2 is 1.86 bits per heavy atom. The second-order valence-corrected chi connectivity index (χ2v) is 7.10. The first-order valence-corrected chi connectivity index (χ1v) is 9.55. The fraction of sp³-hybridized carbons (Fsp3) is 0.368. The number of halogens is 1. The summed E-state index contributed by atoms with van der Waals surface area (Å²) in [6.07, 6.45) is 12.0. The average molecular weight is 398 g/mol. The monoisotopic (exact) mass is 397 g/mol. The van der Waals surface area contributed by atoms with Gasteiger partial charge in [-0.25, -0.2) is 19.9 Å². The number of ether oxygens (including phenoxy) is 1. The Balaban J connectivity index is 1.32. The van der Waals surface area contributed by atoms with Crippen molar-refractivity contribution in [3.8, 4) is 17.1 Å². The van der Waals surface area contributed by atoms with Crippen molar-refractivity contribution in [2.24, 2.45) is 5.92 Å². The molecule has 0 aromatic carbocycles. The molecule has 28 heavy (non-hydrogen) atoms. The summed E-state index contributed by atoms with van der Waals surface area (Å²) in [6.45, 7) is 3.91. The Kier molecular flexibility index (Phi) is 5.57. The summed E-state index contributed by atoms with van der Waals surface area (Å²) < 4.78 is 6.04. The number of hydrogen-bond donors (Lipinski definition) is 0. The van der Waals surface area contributed by atoms with E-state index in [2.05, 4.69) is 42.0 Å². The predicted octanol–water partition coefficient (Wildman–Crippen LogP) is 3.06. The molecule has 3 aromatic heterocycles. The Morgan fingerprint density at radius 3 is 2.50 bits per heavy atom. The molecule has 0 bridgehead atoms. The van der Waals surface area contributed by atoms with Crippen LogP contribution in [0.4, 0.5) is 5.82 Å². The van der Waals surface area contributed by atoms with Crippen LogP contribution in [0.2, 0.25) is 5.15 Å². The standard InChI is InChI=1S/C19H20ClN7O/c1-13(14-3-6-27(7-4-14)18-11-22-17(20)10-23-18)28-19-12-21-16(9-24-19)15-2-5-25-26-8-15/h2,5,8-14H,3-4,6-7H2,1H3/t13-/m0/s1.